The van der Waals surface area contributed by atoms with E-state index in [1.807, 2.05) is 0 Å². The molecule has 0 aliphatic carbocycles. The van der Waals surface area contributed by atoms with Crippen LogP contribution in [0.1, 0.15) is 24.3 Å². The van der Waals surface area contributed by atoms with Crippen molar-refractivity contribution in [2.75, 3.05) is 14.1 Å². The summed E-state index contributed by atoms with van der Waals surface area (Å²) in [4.78, 5) is 26.5. The van der Waals surface area contributed by atoms with E-state index in [1.165, 1.54) is 4.90 Å². The molecule has 146 valence electrons. The Balaban J connectivity index is 1.99. The van der Waals surface area contributed by atoms with Gasteiger partial charge in [0.2, 0.25) is 5.91 Å². The second-order valence-corrected chi connectivity index (χ2v) is 7.50. The quantitative estimate of drug-likeness (QED) is 0.711. The molecule has 0 saturated heterocycles. The molecule has 7 nitrogen and oxygen atoms in total. The minimum Gasteiger partial charge on any atom is -0.463 e. The fourth-order valence-electron chi connectivity index (χ4n) is 2.83. The maximum absolute atomic E-state index is 12.8. The highest BCUT2D eigenvalue weighted by Crippen LogP contribution is 2.25. The number of furan rings is 1. The smallest absolute Gasteiger partial charge is 0.272 e. The summed E-state index contributed by atoms with van der Waals surface area (Å²) in [6.45, 7) is 3.30. The molecule has 0 bridgehead atoms. The maximum atomic E-state index is 12.8. The lowest BCUT2D eigenvalue weighted by Crippen LogP contribution is -2.54. The zero-order valence-corrected chi connectivity index (χ0v) is 16.8. The highest BCUT2D eigenvalue weighted by atomic mass is 35.5. The third-order valence-corrected chi connectivity index (χ3v) is 4.41. The average Bonchev–Trinajstić information content (AvgIpc) is 3.30. The van der Waals surface area contributed by atoms with Crippen molar-refractivity contribution in [2.24, 2.45) is 0 Å². The fraction of sp³-hybridized carbons (Fsp3) is 0.250. The first-order valence-corrected chi connectivity index (χ1v) is 9.01. The van der Waals surface area contributed by atoms with Crippen molar-refractivity contribution in [3.8, 4) is 17.1 Å². The van der Waals surface area contributed by atoms with Gasteiger partial charge in [-0.15, -0.1) is 0 Å². The van der Waals surface area contributed by atoms with Gasteiger partial charge in [0.25, 0.3) is 5.91 Å². The lowest BCUT2D eigenvalue weighted by atomic mass is 10.0. The Morgan fingerprint density at radius 3 is 2.43 bits per heavy atom. The monoisotopic (exact) mass is 400 g/mol. The SMILES string of the molecule is CN(C)C(=O)C(C)(C)NC(=O)c1cc(-c2ccco2)n(-c2ccc(Cl)cc2)n1. The minimum atomic E-state index is -1.07. The Morgan fingerprint density at radius 1 is 1.18 bits per heavy atom. The van der Waals surface area contributed by atoms with Crippen LogP contribution in [0.15, 0.2) is 53.1 Å². The number of aromatic nitrogens is 2. The molecule has 1 aromatic carbocycles. The Kier molecular flexibility index (Phi) is 5.29. The van der Waals surface area contributed by atoms with Crippen molar-refractivity contribution in [3.05, 3.63) is 59.4 Å². The van der Waals surface area contributed by atoms with Gasteiger partial charge in [0.05, 0.1) is 12.0 Å². The number of amides is 2. The number of nitrogens with zero attached hydrogens (tertiary/aromatic N) is 3. The summed E-state index contributed by atoms with van der Waals surface area (Å²) in [6.07, 6.45) is 1.55. The van der Waals surface area contributed by atoms with Gasteiger partial charge < -0.3 is 14.6 Å². The standard InChI is InChI=1S/C20H21ClN4O3/c1-20(2,19(27)24(3)4)22-18(26)15-12-16(17-6-5-11-28-17)25(23-15)14-9-7-13(21)8-10-14/h5-12H,1-4H3,(H,22,26). The molecule has 28 heavy (non-hydrogen) atoms. The molecule has 2 amide bonds. The van der Waals surface area contributed by atoms with Crippen LogP contribution in [0.5, 0.6) is 0 Å². The van der Waals surface area contributed by atoms with Crippen LogP contribution in [-0.4, -0.2) is 46.1 Å². The van der Waals surface area contributed by atoms with Gasteiger partial charge in [-0.3, -0.25) is 9.59 Å². The number of carbonyl (C=O) groups is 2. The number of halogens is 1. The molecular formula is C20H21ClN4O3. The number of rotatable bonds is 5. The summed E-state index contributed by atoms with van der Waals surface area (Å²) in [5.41, 5.74) is 0.420. The first-order chi connectivity index (χ1) is 13.2. The molecule has 2 heterocycles. The second-order valence-electron chi connectivity index (χ2n) is 7.06. The van der Waals surface area contributed by atoms with Gasteiger partial charge in [0.1, 0.15) is 11.2 Å². The zero-order chi connectivity index (χ0) is 20.5. The van der Waals surface area contributed by atoms with Crippen molar-refractivity contribution in [1.82, 2.24) is 20.0 Å². The maximum Gasteiger partial charge on any atom is 0.272 e. The summed E-state index contributed by atoms with van der Waals surface area (Å²) >= 11 is 5.97. The molecule has 0 aliphatic rings. The van der Waals surface area contributed by atoms with Gasteiger partial charge in [0, 0.05) is 25.2 Å². The van der Waals surface area contributed by atoms with E-state index < -0.39 is 11.4 Å². The molecule has 0 aliphatic heterocycles. The normalized spacial score (nSPS) is 11.3. The highest BCUT2D eigenvalue weighted by Gasteiger charge is 2.32. The van der Waals surface area contributed by atoms with Crippen LogP contribution in [0, 0.1) is 0 Å². The topological polar surface area (TPSA) is 80.4 Å². The zero-order valence-electron chi connectivity index (χ0n) is 16.1. The second kappa shape index (κ2) is 7.52. The molecule has 0 saturated carbocycles. The van der Waals surface area contributed by atoms with Crippen LogP contribution in [0.3, 0.4) is 0 Å². The van der Waals surface area contributed by atoms with Gasteiger partial charge in [-0.05, 0) is 50.2 Å². The molecule has 1 N–H and O–H groups in total. The van der Waals surface area contributed by atoms with Crippen molar-refractivity contribution < 1.29 is 14.0 Å². The molecule has 0 unspecified atom stereocenters. The number of carbonyl (C=O) groups excluding carboxylic acids is 2. The van der Waals surface area contributed by atoms with Crippen LogP contribution in [0.2, 0.25) is 5.02 Å². The van der Waals surface area contributed by atoms with E-state index in [1.54, 1.807) is 81.4 Å². The first-order valence-electron chi connectivity index (χ1n) is 8.63. The van der Waals surface area contributed by atoms with E-state index in [0.29, 0.717) is 16.5 Å². The predicted molar refractivity (Wildman–Crippen MR) is 107 cm³/mol. The van der Waals surface area contributed by atoms with Crippen LogP contribution in [0.4, 0.5) is 0 Å². The van der Waals surface area contributed by atoms with Gasteiger partial charge in [-0.1, -0.05) is 11.6 Å². The number of hydrogen-bond acceptors (Lipinski definition) is 4. The van der Waals surface area contributed by atoms with E-state index in [2.05, 4.69) is 10.4 Å². The molecule has 0 radical (unpaired) electrons. The molecule has 8 heteroatoms. The third-order valence-electron chi connectivity index (χ3n) is 4.15. The van der Waals surface area contributed by atoms with Crippen molar-refractivity contribution in [1.29, 1.82) is 0 Å². The van der Waals surface area contributed by atoms with E-state index in [0.717, 1.165) is 5.69 Å². The molecular weight excluding hydrogens is 380 g/mol. The largest absolute Gasteiger partial charge is 0.463 e. The Hall–Kier alpha value is -3.06. The number of hydrogen-bond donors (Lipinski definition) is 1. The van der Waals surface area contributed by atoms with E-state index in [9.17, 15) is 9.59 Å². The average molecular weight is 401 g/mol. The summed E-state index contributed by atoms with van der Waals surface area (Å²) in [5, 5.41) is 7.77. The Morgan fingerprint density at radius 2 is 1.86 bits per heavy atom. The summed E-state index contributed by atoms with van der Waals surface area (Å²) in [6, 6.07) is 12.2. The first kappa shape index (κ1) is 19.7. The van der Waals surface area contributed by atoms with Crippen LogP contribution < -0.4 is 5.32 Å². The number of nitrogens with one attached hydrogen (secondary N) is 1. The van der Waals surface area contributed by atoms with Crippen LogP contribution >= 0.6 is 11.6 Å². The fourth-order valence-corrected chi connectivity index (χ4v) is 2.96. The highest BCUT2D eigenvalue weighted by molar-refractivity contribution is 6.30. The molecule has 0 spiro atoms. The number of benzene rings is 1. The van der Waals surface area contributed by atoms with Gasteiger partial charge in [-0.25, -0.2) is 4.68 Å². The molecule has 0 fully saturated rings. The van der Waals surface area contributed by atoms with Gasteiger partial charge >= 0.3 is 0 Å². The van der Waals surface area contributed by atoms with Gasteiger partial charge in [-0.2, -0.15) is 5.10 Å². The lowest BCUT2D eigenvalue weighted by Gasteiger charge is -2.27. The third kappa shape index (κ3) is 3.94. The molecule has 3 rings (SSSR count). The summed E-state index contributed by atoms with van der Waals surface area (Å²) < 4.78 is 7.09. The van der Waals surface area contributed by atoms with Crippen LogP contribution in [-0.2, 0) is 4.79 Å². The van der Waals surface area contributed by atoms with Crippen LogP contribution in [0.25, 0.3) is 17.1 Å². The van der Waals surface area contributed by atoms with Crippen molar-refractivity contribution >= 4 is 23.4 Å². The lowest BCUT2D eigenvalue weighted by molar-refractivity contribution is -0.134. The molecule has 2 aromatic heterocycles. The van der Waals surface area contributed by atoms with E-state index in [-0.39, 0.29) is 11.6 Å². The van der Waals surface area contributed by atoms with Gasteiger partial charge in [0.15, 0.2) is 11.5 Å². The predicted octanol–water partition coefficient (Wildman–Crippen LogP) is 3.38. The molecule has 3 aromatic rings. The summed E-state index contributed by atoms with van der Waals surface area (Å²) in [5.74, 6) is -0.116. The summed E-state index contributed by atoms with van der Waals surface area (Å²) in [7, 11) is 3.28. The van der Waals surface area contributed by atoms with Crippen molar-refractivity contribution in [3.63, 3.8) is 0 Å². The van der Waals surface area contributed by atoms with E-state index in [4.69, 9.17) is 16.0 Å². The Labute approximate surface area is 167 Å². The molecule has 0 atom stereocenters. The van der Waals surface area contributed by atoms with Crippen molar-refractivity contribution in [2.45, 2.75) is 19.4 Å². The number of likely N-dealkylation sites (N-methyl/N-ethyl adjacent to an activating group) is 1. The van der Waals surface area contributed by atoms with E-state index >= 15 is 0 Å². The Bertz CT molecular complexity index is 989. The minimum absolute atomic E-state index is 0.168.